The van der Waals surface area contributed by atoms with Crippen molar-refractivity contribution in [1.82, 2.24) is 10.6 Å². The van der Waals surface area contributed by atoms with Gasteiger partial charge in [0.25, 0.3) is 0 Å². The van der Waals surface area contributed by atoms with Gasteiger partial charge < -0.3 is 10.6 Å². The SMILES string of the molecule is CCCCCCC(C)NC(=O)C(C)C1CNC1. The van der Waals surface area contributed by atoms with Crippen LogP contribution >= 0.6 is 0 Å². The molecule has 3 heteroatoms. The van der Waals surface area contributed by atoms with Gasteiger partial charge in [-0.2, -0.15) is 0 Å². The van der Waals surface area contributed by atoms with E-state index >= 15 is 0 Å². The first-order valence-corrected chi connectivity index (χ1v) is 7.16. The van der Waals surface area contributed by atoms with E-state index in [1.54, 1.807) is 0 Å². The molecule has 0 saturated carbocycles. The van der Waals surface area contributed by atoms with Gasteiger partial charge in [-0.1, -0.05) is 39.5 Å². The van der Waals surface area contributed by atoms with Crippen LogP contribution < -0.4 is 10.6 Å². The monoisotopic (exact) mass is 240 g/mol. The molecule has 0 aliphatic carbocycles. The largest absolute Gasteiger partial charge is 0.353 e. The molecule has 1 aliphatic rings. The molecular formula is C14H28N2O. The summed E-state index contributed by atoms with van der Waals surface area (Å²) in [7, 11) is 0. The molecule has 3 nitrogen and oxygen atoms in total. The highest BCUT2D eigenvalue weighted by Crippen LogP contribution is 2.16. The normalized spacial score (nSPS) is 19.5. The molecule has 17 heavy (non-hydrogen) atoms. The van der Waals surface area contributed by atoms with Crippen molar-refractivity contribution in [2.75, 3.05) is 13.1 Å². The van der Waals surface area contributed by atoms with E-state index in [9.17, 15) is 4.79 Å². The number of hydrogen-bond acceptors (Lipinski definition) is 2. The molecule has 1 amide bonds. The fourth-order valence-electron chi connectivity index (χ4n) is 2.20. The number of unbranched alkanes of at least 4 members (excludes halogenated alkanes) is 3. The predicted molar refractivity (Wildman–Crippen MR) is 71.9 cm³/mol. The van der Waals surface area contributed by atoms with Gasteiger partial charge in [0.1, 0.15) is 0 Å². The Bertz CT molecular complexity index is 226. The first kappa shape index (κ1) is 14.5. The Morgan fingerprint density at radius 3 is 2.53 bits per heavy atom. The molecule has 1 saturated heterocycles. The maximum atomic E-state index is 11.9. The van der Waals surface area contributed by atoms with E-state index in [1.807, 2.05) is 6.92 Å². The number of amides is 1. The number of carbonyl (C=O) groups excluding carboxylic acids is 1. The molecule has 1 aliphatic heterocycles. The summed E-state index contributed by atoms with van der Waals surface area (Å²) in [4.78, 5) is 11.9. The number of hydrogen-bond donors (Lipinski definition) is 2. The van der Waals surface area contributed by atoms with Crippen molar-refractivity contribution in [2.24, 2.45) is 11.8 Å². The second kappa shape index (κ2) is 7.70. The minimum Gasteiger partial charge on any atom is -0.353 e. The van der Waals surface area contributed by atoms with Crippen LogP contribution in [0.3, 0.4) is 0 Å². The second-order valence-corrected chi connectivity index (χ2v) is 5.47. The molecule has 100 valence electrons. The molecule has 1 rings (SSSR count). The number of nitrogens with one attached hydrogen (secondary N) is 2. The van der Waals surface area contributed by atoms with Crippen molar-refractivity contribution in [2.45, 2.75) is 58.9 Å². The Morgan fingerprint density at radius 2 is 2.00 bits per heavy atom. The van der Waals surface area contributed by atoms with Crippen molar-refractivity contribution in [3.8, 4) is 0 Å². The van der Waals surface area contributed by atoms with E-state index in [0.29, 0.717) is 12.0 Å². The lowest BCUT2D eigenvalue weighted by Gasteiger charge is -2.32. The summed E-state index contributed by atoms with van der Waals surface area (Å²) in [6.45, 7) is 8.39. The Morgan fingerprint density at radius 1 is 1.29 bits per heavy atom. The molecular weight excluding hydrogens is 212 g/mol. The highest BCUT2D eigenvalue weighted by Gasteiger charge is 2.28. The average molecular weight is 240 g/mol. The molecule has 1 heterocycles. The molecule has 2 atom stereocenters. The first-order chi connectivity index (χ1) is 8.15. The van der Waals surface area contributed by atoms with Crippen LogP contribution in [0.4, 0.5) is 0 Å². The minimum absolute atomic E-state index is 0.161. The molecule has 0 aromatic carbocycles. The predicted octanol–water partition coefficient (Wildman–Crippen LogP) is 2.32. The quantitative estimate of drug-likeness (QED) is 0.639. The van der Waals surface area contributed by atoms with Gasteiger partial charge in [0.2, 0.25) is 5.91 Å². The molecule has 0 spiro atoms. The molecule has 0 aromatic rings. The Labute approximate surface area is 106 Å². The van der Waals surface area contributed by atoms with E-state index in [-0.39, 0.29) is 11.8 Å². The van der Waals surface area contributed by atoms with E-state index in [2.05, 4.69) is 24.5 Å². The lowest BCUT2D eigenvalue weighted by molar-refractivity contribution is -0.127. The van der Waals surface area contributed by atoms with Crippen molar-refractivity contribution >= 4 is 5.91 Å². The molecule has 2 N–H and O–H groups in total. The fourth-order valence-corrected chi connectivity index (χ4v) is 2.20. The van der Waals surface area contributed by atoms with Gasteiger partial charge in [-0.05, 0) is 32.4 Å². The third kappa shape index (κ3) is 5.07. The molecule has 0 bridgehead atoms. The van der Waals surface area contributed by atoms with Gasteiger partial charge in [0.15, 0.2) is 0 Å². The van der Waals surface area contributed by atoms with Crippen molar-refractivity contribution in [1.29, 1.82) is 0 Å². The highest BCUT2D eigenvalue weighted by atomic mass is 16.1. The molecule has 0 aromatic heterocycles. The third-order valence-electron chi connectivity index (χ3n) is 3.81. The summed E-state index contributed by atoms with van der Waals surface area (Å²) in [5, 5.41) is 6.36. The molecule has 0 radical (unpaired) electrons. The highest BCUT2D eigenvalue weighted by molar-refractivity contribution is 5.79. The van der Waals surface area contributed by atoms with Crippen LogP contribution in [0.25, 0.3) is 0 Å². The van der Waals surface area contributed by atoms with Crippen LogP contribution in [0.15, 0.2) is 0 Å². The number of rotatable bonds is 8. The zero-order chi connectivity index (χ0) is 12.7. The third-order valence-corrected chi connectivity index (χ3v) is 3.81. The van der Waals surface area contributed by atoms with Gasteiger partial charge in [-0.25, -0.2) is 0 Å². The fraction of sp³-hybridized carbons (Fsp3) is 0.929. The average Bonchev–Trinajstić information content (AvgIpc) is 2.22. The summed E-state index contributed by atoms with van der Waals surface area (Å²) in [6.07, 6.45) is 6.21. The first-order valence-electron chi connectivity index (χ1n) is 7.16. The Hall–Kier alpha value is -0.570. The maximum absolute atomic E-state index is 11.9. The van der Waals surface area contributed by atoms with Crippen molar-refractivity contribution < 1.29 is 4.79 Å². The van der Waals surface area contributed by atoms with Crippen molar-refractivity contribution in [3.05, 3.63) is 0 Å². The smallest absolute Gasteiger partial charge is 0.223 e. The van der Waals surface area contributed by atoms with Crippen LogP contribution in [0, 0.1) is 11.8 Å². The van der Waals surface area contributed by atoms with E-state index in [0.717, 1.165) is 19.5 Å². The zero-order valence-electron chi connectivity index (χ0n) is 11.6. The summed E-state index contributed by atoms with van der Waals surface area (Å²) >= 11 is 0. The summed E-state index contributed by atoms with van der Waals surface area (Å²) in [5.41, 5.74) is 0. The van der Waals surface area contributed by atoms with Crippen LogP contribution in [0.2, 0.25) is 0 Å². The molecule has 1 fully saturated rings. The minimum atomic E-state index is 0.161. The van der Waals surface area contributed by atoms with Crippen LogP contribution in [0.1, 0.15) is 52.9 Å². The van der Waals surface area contributed by atoms with Crippen LogP contribution in [0.5, 0.6) is 0 Å². The Kier molecular flexibility index (Phi) is 6.56. The van der Waals surface area contributed by atoms with E-state index in [4.69, 9.17) is 0 Å². The topological polar surface area (TPSA) is 41.1 Å². The van der Waals surface area contributed by atoms with Gasteiger partial charge >= 0.3 is 0 Å². The number of carbonyl (C=O) groups is 1. The molecule has 2 unspecified atom stereocenters. The summed E-state index contributed by atoms with van der Waals surface area (Å²) in [5.74, 6) is 0.941. The van der Waals surface area contributed by atoms with Crippen LogP contribution in [-0.4, -0.2) is 25.0 Å². The summed E-state index contributed by atoms with van der Waals surface area (Å²) < 4.78 is 0. The lowest BCUT2D eigenvalue weighted by atomic mass is 9.88. The van der Waals surface area contributed by atoms with Crippen molar-refractivity contribution in [3.63, 3.8) is 0 Å². The maximum Gasteiger partial charge on any atom is 0.223 e. The van der Waals surface area contributed by atoms with E-state index in [1.165, 1.54) is 25.7 Å². The second-order valence-electron chi connectivity index (χ2n) is 5.47. The standard InChI is InChI=1S/C14H28N2O/c1-4-5-6-7-8-11(2)16-14(17)12(3)13-9-15-10-13/h11-13,15H,4-10H2,1-3H3,(H,16,17). The van der Waals surface area contributed by atoms with Gasteiger partial charge in [-0.3, -0.25) is 4.79 Å². The lowest BCUT2D eigenvalue weighted by Crippen LogP contribution is -2.50. The van der Waals surface area contributed by atoms with Crippen LogP contribution in [-0.2, 0) is 4.79 Å². The summed E-state index contributed by atoms with van der Waals surface area (Å²) in [6, 6.07) is 0.329. The van der Waals surface area contributed by atoms with Gasteiger partial charge in [-0.15, -0.1) is 0 Å². The Balaban J connectivity index is 2.11. The van der Waals surface area contributed by atoms with Gasteiger partial charge in [0.05, 0.1) is 0 Å². The van der Waals surface area contributed by atoms with E-state index < -0.39 is 0 Å². The van der Waals surface area contributed by atoms with Gasteiger partial charge in [0, 0.05) is 12.0 Å². The zero-order valence-corrected chi connectivity index (χ0v) is 11.6.